The van der Waals surface area contributed by atoms with E-state index in [-0.39, 0.29) is 18.4 Å². The zero-order valence-electron chi connectivity index (χ0n) is 11.3. The van der Waals surface area contributed by atoms with Gasteiger partial charge in [-0.05, 0) is 19.4 Å². The van der Waals surface area contributed by atoms with Crippen LogP contribution in [0.1, 0.15) is 37.0 Å². The molecule has 0 spiro atoms. The molecule has 0 bridgehead atoms. The fourth-order valence-corrected chi connectivity index (χ4v) is 2.24. The normalized spacial score (nSPS) is 12.7. The third kappa shape index (κ3) is 3.93. The van der Waals surface area contributed by atoms with Gasteiger partial charge in [0.1, 0.15) is 0 Å². The highest BCUT2D eigenvalue weighted by Crippen LogP contribution is 2.12. The van der Waals surface area contributed by atoms with Crippen molar-refractivity contribution in [3.05, 3.63) is 35.9 Å². The van der Waals surface area contributed by atoms with E-state index in [4.69, 9.17) is 5.11 Å². The Morgan fingerprint density at radius 3 is 2.39 bits per heavy atom. The molecule has 1 rings (SSSR count). The van der Waals surface area contributed by atoms with Crippen molar-refractivity contribution >= 4 is 5.78 Å². The van der Waals surface area contributed by atoms with Crippen LogP contribution in [0.4, 0.5) is 0 Å². The van der Waals surface area contributed by atoms with Gasteiger partial charge in [-0.15, -0.1) is 0 Å². The van der Waals surface area contributed by atoms with Crippen molar-refractivity contribution in [3.8, 4) is 0 Å². The average Bonchev–Trinajstić information content (AvgIpc) is 2.41. The molecule has 3 heteroatoms. The van der Waals surface area contributed by atoms with Gasteiger partial charge in [0.2, 0.25) is 0 Å². The number of rotatable bonds is 8. The summed E-state index contributed by atoms with van der Waals surface area (Å²) in [6.45, 7) is 5.61. The van der Waals surface area contributed by atoms with E-state index in [9.17, 15) is 4.79 Å². The number of hydrogen-bond donors (Lipinski definition) is 1. The van der Waals surface area contributed by atoms with E-state index in [0.717, 1.165) is 24.9 Å². The molecule has 0 aliphatic heterocycles. The summed E-state index contributed by atoms with van der Waals surface area (Å²) in [7, 11) is 0. The van der Waals surface area contributed by atoms with Crippen molar-refractivity contribution in [2.24, 2.45) is 0 Å². The highest BCUT2D eigenvalue weighted by molar-refractivity contribution is 6.00. The Morgan fingerprint density at radius 1 is 1.22 bits per heavy atom. The molecular weight excluding hydrogens is 226 g/mol. The van der Waals surface area contributed by atoms with Crippen molar-refractivity contribution in [2.75, 3.05) is 19.7 Å². The van der Waals surface area contributed by atoms with E-state index in [1.54, 1.807) is 0 Å². The Bertz CT molecular complexity index is 345. The van der Waals surface area contributed by atoms with E-state index in [1.807, 2.05) is 37.3 Å². The zero-order valence-corrected chi connectivity index (χ0v) is 11.3. The lowest BCUT2D eigenvalue weighted by Gasteiger charge is -2.29. The fraction of sp³-hybridized carbons (Fsp3) is 0.533. The first-order valence-electron chi connectivity index (χ1n) is 6.68. The van der Waals surface area contributed by atoms with Gasteiger partial charge in [-0.25, -0.2) is 0 Å². The second-order valence-corrected chi connectivity index (χ2v) is 4.41. The Balaban J connectivity index is 2.83. The quantitative estimate of drug-likeness (QED) is 0.719. The van der Waals surface area contributed by atoms with Crippen LogP contribution in [0.2, 0.25) is 0 Å². The maximum Gasteiger partial charge on any atom is 0.179 e. The summed E-state index contributed by atoms with van der Waals surface area (Å²) in [4.78, 5) is 14.5. The molecule has 1 aromatic carbocycles. The van der Waals surface area contributed by atoms with Crippen LogP contribution in [-0.4, -0.2) is 41.5 Å². The molecule has 0 saturated heterocycles. The van der Waals surface area contributed by atoms with Crippen LogP contribution in [0.5, 0.6) is 0 Å². The topological polar surface area (TPSA) is 40.5 Å². The summed E-state index contributed by atoms with van der Waals surface area (Å²) < 4.78 is 0. The maximum absolute atomic E-state index is 12.4. The standard InChI is InChI=1S/C15H23NO2/c1-3-10-16(11-12-17)14(4-2)15(18)13-8-6-5-7-9-13/h5-9,14,17H,3-4,10-12H2,1-2H3. The minimum absolute atomic E-state index is 0.0958. The molecule has 0 radical (unpaired) electrons. The second kappa shape index (κ2) is 8.01. The van der Waals surface area contributed by atoms with Gasteiger partial charge in [0, 0.05) is 12.1 Å². The molecule has 100 valence electrons. The summed E-state index contributed by atoms with van der Waals surface area (Å²) in [6, 6.07) is 9.27. The van der Waals surface area contributed by atoms with Gasteiger partial charge in [-0.3, -0.25) is 9.69 Å². The molecule has 0 fully saturated rings. The summed E-state index contributed by atoms with van der Waals surface area (Å²) in [5.74, 6) is 0.153. The lowest BCUT2D eigenvalue weighted by atomic mass is 10.0. The highest BCUT2D eigenvalue weighted by Gasteiger charge is 2.24. The Labute approximate surface area is 109 Å². The minimum atomic E-state index is -0.125. The van der Waals surface area contributed by atoms with E-state index >= 15 is 0 Å². The van der Waals surface area contributed by atoms with Crippen molar-refractivity contribution < 1.29 is 9.90 Å². The molecule has 3 nitrogen and oxygen atoms in total. The van der Waals surface area contributed by atoms with Gasteiger partial charge in [0.05, 0.1) is 12.6 Å². The predicted octanol–water partition coefficient (Wildman–Crippen LogP) is 2.35. The number of ketones is 1. The largest absolute Gasteiger partial charge is 0.395 e. The Morgan fingerprint density at radius 2 is 1.89 bits per heavy atom. The lowest BCUT2D eigenvalue weighted by Crippen LogP contribution is -2.42. The summed E-state index contributed by atoms with van der Waals surface area (Å²) in [6.07, 6.45) is 1.76. The molecule has 0 heterocycles. The van der Waals surface area contributed by atoms with Gasteiger partial charge >= 0.3 is 0 Å². The van der Waals surface area contributed by atoms with Gasteiger partial charge in [-0.2, -0.15) is 0 Å². The number of Topliss-reactive ketones (excluding diaryl/α,β-unsaturated/α-hetero) is 1. The maximum atomic E-state index is 12.4. The van der Waals surface area contributed by atoms with Crippen LogP contribution < -0.4 is 0 Å². The molecule has 0 amide bonds. The summed E-state index contributed by atoms with van der Waals surface area (Å²) >= 11 is 0. The molecular formula is C15H23NO2. The molecule has 1 aromatic rings. The smallest absolute Gasteiger partial charge is 0.179 e. The number of aliphatic hydroxyl groups is 1. The van der Waals surface area contributed by atoms with Crippen LogP contribution in [0, 0.1) is 0 Å². The summed E-state index contributed by atoms with van der Waals surface area (Å²) in [5.41, 5.74) is 0.753. The first-order chi connectivity index (χ1) is 8.74. The van der Waals surface area contributed by atoms with Crippen molar-refractivity contribution in [2.45, 2.75) is 32.7 Å². The van der Waals surface area contributed by atoms with Crippen LogP contribution in [0.3, 0.4) is 0 Å². The van der Waals surface area contributed by atoms with Gasteiger partial charge in [0.15, 0.2) is 5.78 Å². The molecule has 0 saturated carbocycles. The first-order valence-corrected chi connectivity index (χ1v) is 6.68. The van der Waals surface area contributed by atoms with E-state index in [2.05, 4.69) is 11.8 Å². The number of carbonyl (C=O) groups excluding carboxylic acids is 1. The number of aliphatic hydroxyl groups excluding tert-OH is 1. The van der Waals surface area contributed by atoms with Crippen molar-refractivity contribution in [1.82, 2.24) is 4.90 Å². The third-order valence-electron chi connectivity index (χ3n) is 3.09. The van der Waals surface area contributed by atoms with E-state index in [0.29, 0.717) is 6.54 Å². The number of carbonyl (C=O) groups is 1. The molecule has 18 heavy (non-hydrogen) atoms. The molecule has 0 aromatic heterocycles. The van der Waals surface area contributed by atoms with Crippen LogP contribution >= 0.6 is 0 Å². The molecule has 0 aliphatic rings. The van der Waals surface area contributed by atoms with E-state index < -0.39 is 0 Å². The third-order valence-corrected chi connectivity index (χ3v) is 3.09. The SMILES string of the molecule is CCCN(CCO)C(CC)C(=O)c1ccccc1. The highest BCUT2D eigenvalue weighted by atomic mass is 16.3. The van der Waals surface area contributed by atoms with Crippen molar-refractivity contribution in [3.63, 3.8) is 0 Å². The molecule has 1 N–H and O–H groups in total. The number of benzene rings is 1. The molecule has 1 atom stereocenters. The zero-order chi connectivity index (χ0) is 13.4. The monoisotopic (exact) mass is 249 g/mol. The van der Waals surface area contributed by atoms with Gasteiger partial charge in [0.25, 0.3) is 0 Å². The fourth-order valence-electron chi connectivity index (χ4n) is 2.24. The summed E-state index contributed by atoms with van der Waals surface area (Å²) in [5, 5.41) is 9.11. The Kier molecular flexibility index (Phi) is 6.61. The first kappa shape index (κ1) is 14.9. The van der Waals surface area contributed by atoms with Crippen LogP contribution in [-0.2, 0) is 0 Å². The lowest BCUT2D eigenvalue weighted by molar-refractivity contribution is 0.0776. The van der Waals surface area contributed by atoms with Crippen molar-refractivity contribution in [1.29, 1.82) is 0 Å². The van der Waals surface area contributed by atoms with Crippen LogP contribution in [0.25, 0.3) is 0 Å². The van der Waals surface area contributed by atoms with Crippen LogP contribution in [0.15, 0.2) is 30.3 Å². The predicted molar refractivity (Wildman–Crippen MR) is 73.8 cm³/mol. The minimum Gasteiger partial charge on any atom is -0.395 e. The average molecular weight is 249 g/mol. The van der Waals surface area contributed by atoms with Gasteiger partial charge < -0.3 is 5.11 Å². The second-order valence-electron chi connectivity index (χ2n) is 4.41. The molecule has 1 unspecified atom stereocenters. The number of hydrogen-bond acceptors (Lipinski definition) is 3. The number of nitrogens with zero attached hydrogens (tertiary/aromatic N) is 1. The Hall–Kier alpha value is -1.19. The molecule has 0 aliphatic carbocycles. The van der Waals surface area contributed by atoms with Gasteiger partial charge in [-0.1, -0.05) is 44.2 Å². The van der Waals surface area contributed by atoms with E-state index in [1.165, 1.54) is 0 Å².